The summed E-state index contributed by atoms with van der Waals surface area (Å²) < 4.78 is 28.4. The summed E-state index contributed by atoms with van der Waals surface area (Å²) in [6, 6.07) is 0. The number of fused-ring (bicyclic) bond motifs is 2. The summed E-state index contributed by atoms with van der Waals surface area (Å²) in [6.45, 7) is -0.108. The molecule has 2 rings (SSSR count). The van der Waals surface area contributed by atoms with Gasteiger partial charge in [0.1, 0.15) is 0 Å². The lowest BCUT2D eigenvalue weighted by Gasteiger charge is -2.26. The van der Waals surface area contributed by atoms with Crippen LogP contribution in [0, 0.1) is 10.8 Å². The molecule has 0 aromatic rings. The van der Waals surface area contributed by atoms with E-state index < -0.39 is 6.61 Å². The van der Waals surface area contributed by atoms with Crippen LogP contribution >= 0.6 is 0 Å². The number of rotatable bonds is 4. The molecule has 0 aromatic carbocycles. The first-order chi connectivity index (χ1) is 6.60. The third-order valence-electron chi connectivity index (χ3n) is 4.39. The van der Waals surface area contributed by atoms with E-state index in [1.54, 1.807) is 0 Å². The second kappa shape index (κ2) is 3.44. The Hall–Kier alpha value is -0.180. The van der Waals surface area contributed by atoms with E-state index in [0.29, 0.717) is 5.41 Å². The minimum atomic E-state index is -2.60. The normalized spacial score (nSPS) is 41.1. The molecule has 14 heavy (non-hydrogen) atoms. The van der Waals surface area contributed by atoms with E-state index in [1.165, 1.54) is 19.3 Å². The first-order valence-corrected chi connectivity index (χ1v) is 5.50. The van der Waals surface area contributed by atoms with Gasteiger partial charge >= 0.3 is 6.61 Å². The highest BCUT2D eigenvalue weighted by atomic mass is 19.3. The van der Waals surface area contributed by atoms with Gasteiger partial charge in [-0.1, -0.05) is 13.3 Å². The van der Waals surface area contributed by atoms with Crippen molar-refractivity contribution in [2.45, 2.75) is 52.1 Å². The molecule has 0 atom stereocenters. The van der Waals surface area contributed by atoms with Crippen LogP contribution in [0.5, 0.6) is 0 Å². The molecule has 2 aliphatic rings. The maximum absolute atomic E-state index is 12.0. The van der Waals surface area contributed by atoms with Crippen LogP contribution in [-0.2, 0) is 4.74 Å². The molecule has 0 amide bonds. The average molecular weight is 204 g/mol. The number of halogens is 2. The van der Waals surface area contributed by atoms with Gasteiger partial charge < -0.3 is 4.74 Å². The first kappa shape index (κ1) is 10.3. The van der Waals surface area contributed by atoms with Gasteiger partial charge in [-0.25, -0.2) is 0 Å². The van der Waals surface area contributed by atoms with E-state index >= 15 is 0 Å². The van der Waals surface area contributed by atoms with Crippen LogP contribution in [-0.4, -0.2) is 13.2 Å². The van der Waals surface area contributed by atoms with Crippen molar-refractivity contribution >= 4 is 0 Å². The topological polar surface area (TPSA) is 9.23 Å². The molecular formula is C11H18F2O. The molecule has 3 heteroatoms. The van der Waals surface area contributed by atoms with Gasteiger partial charge in [0.2, 0.25) is 0 Å². The molecule has 0 aliphatic heterocycles. The standard InChI is InChI=1S/C11H18F2O/c1-2-10-3-5-11(7-10,6-4-10)8-14-9(12)13/h9H,2-8H2,1H3. The van der Waals surface area contributed by atoms with Gasteiger partial charge in [0.25, 0.3) is 0 Å². The second-order valence-electron chi connectivity index (χ2n) is 5.10. The van der Waals surface area contributed by atoms with Crippen molar-refractivity contribution in [3.63, 3.8) is 0 Å². The lowest BCUT2D eigenvalue weighted by Crippen LogP contribution is -2.22. The van der Waals surface area contributed by atoms with Crippen LogP contribution in [0.4, 0.5) is 8.78 Å². The van der Waals surface area contributed by atoms with E-state index in [-0.39, 0.29) is 12.0 Å². The summed E-state index contributed by atoms with van der Waals surface area (Å²) in [7, 11) is 0. The molecule has 82 valence electrons. The Kier molecular flexibility index (Phi) is 2.54. The van der Waals surface area contributed by atoms with Crippen LogP contribution < -0.4 is 0 Å². The fraction of sp³-hybridized carbons (Fsp3) is 1.00. The quantitative estimate of drug-likeness (QED) is 0.680. The lowest BCUT2D eigenvalue weighted by molar-refractivity contribution is -0.151. The van der Waals surface area contributed by atoms with Gasteiger partial charge in [-0.2, -0.15) is 8.78 Å². The molecule has 2 aliphatic carbocycles. The van der Waals surface area contributed by atoms with Gasteiger partial charge in [-0.15, -0.1) is 0 Å². The first-order valence-electron chi connectivity index (χ1n) is 5.50. The molecule has 2 saturated carbocycles. The molecule has 0 unspecified atom stereocenters. The average Bonchev–Trinajstić information content (AvgIpc) is 2.72. The molecular weight excluding hydrogens is 186 g/mol. The summed E-state index contributed by atoms with van der Waals surface area (Å²) in [5.74, 6) is 0. The van der Waals surface area contributed by atoms with Gasteiger partial charge in [-0.05, 0) is 42.9 Å². The van der Waals surface area contributed by atoms with E-state index in [2.05, 4.69) is 11.7 Å². The third-order valence-corrected chi connectivity index (χ3v) is 4.39. The fourth-order valence-corrected chi connectivity index (χ4v) is 3.37. The van der Waals surface area contributed by atoms with Crippen molar-refractivity contribution < 1.29 is 13.5 Å². The Morgan fingerprint density at radius 3 is 2.14 bits per heavy atom. The molecule has 1 nitrogen and oxygen atoms in total. The third kappa shape index (κ3) is 1.67. The molecule has 0 spiro atoms. The van der Waals surface area contributed by atoms with Crippen molar-refractivity contribution in [3.05, 3.63) is 0 Å². The molecule has 0 aromatic heterocycles. The Morgan fingerprint density at radius 1 is 1.14 bits per heavy atom. The van der Waals surface area contributed by atoms with Gasteiger partial charge in [-0.3, -0.25) is 0 Å². The molecule has 2 bridgehead atoms. The minimum Gasteiger partial charge on any atom is -0.322 e. The maximum Gasteiger partial charge on any atom is 0.345 e. The van der Waals surface area contributed by atoms with E-state index in [4.69, 9.17) is 0 Å². The Morgan fingerprint density at radius 2 is 1.71 bits per heavy atom. The van der Waals surface area contributed by atoms with Crippen LogP contribution in [0.2, 0.25) is 0 Å². The predicted molar refractivity (Wildman–Crippen MR) is 50.2 cm³/mol. The highest BCUT2D eigenvalue weighted by molar-refractivity contribution is 5.03. The summed E-state index contributed by atoms with van der Waals surface area (Å²) in [4.78, 5) is 0. The van der Waals surface area contributed by atoms with Crippen molar-refractivity contribution in [2.75, 3.05) is 6.61 Å². The molecule has 2 fully saturated rings. The lowest BCUT2D eigenvalue weighted by atomic mass is 9.81. The summed E-state index contributed by atoms with van der Waals surface area (Å²) >= 11 is 0. The smallest absolute Gasteiger partial charge is 0.322 e. The van der Waals surface area contributed by atoms with Crippen LogP contribution in [0.3, 0.4) is 0 Å². The summed E-state index contributed by atoms with van der Waals surface area (Å²) in [6.07, 6.45) is 6.93. The van der Waals surface area contributed by atoms with Crippen molar-refractivity contribution in [1.29, 1.82) is 0 Å². The zero-order valence-electron chi connectivity index (χ0n) is 8.69. The highest BCUT2D eigenvalue weighted by Gasteiger charge is 2.53. The Labute approximate surface area is 83.8 Å². The van der Waals surface area contributed by atoms with Crippen molar-refractivity contribution in [2.24, 2.45) is 10.8 Å². The molecule has 0 N–H and O–H groups in total. The van der Waals surface area contributed by atoms with E-state index in [1.807, 2.05) is 0 Å². The highest BCUT2D eigenvalue weighted by Crippen LogP contribution is 2.62. The number of hydrogen-bond acceptors (Lipinski definition) is 1. The van der Waals surface area contributed by atoms with Gasteiger partial charge in [0.05, 0.1) is 6.61 Å². The SMILES string of the molecule is CCC12CCC(COC(F)F)(CC1)C2. The molecule has 0 heterocycles. The van der Waals surface area contributed by atoms with Crippen molar-refractivity contribution in [1.82, 2.24) is 0 Å². The predicted octanol–water partition coefficient (Wildman–Crippen LogP) is 3.59. The van der Waals surface area contributed by atoms with Gasteiger partial charge in [0, 0.05) is 0 Å². The largest absolute Gasteiger partial charge is 0.345 e. The maximum atomic E-state index is 12.0. The zero-order valence-corrected chi connectivity index (χ0v) is 8.69. The van der Waals surface area contributed by atoms with Crippen molar-refractivity contribution in [3.8, 4) is 0 Å². The monoisotopic (exact) mass is 204 g/mol. The second-order valence-corrected chi connectivity index (χ2v) is 5.10. The number of hydrogen-bond donors (Lipinski definition) is 0. The molecule has 0 radical (unpaired) electrons. The fourth-order valence-electron chi connectivity index (χ4n) is 3.37. The van der Waals surface area contributed by atoms with Crippen LogP contribution in [0.1, 0.15) is 45.4 Å². The summed E-state index contributed by atoms with van der Waals surface area (Å²) in [5.41, 5.74) is 0.581. The zero-order chi connectivity index (χ0) is 10.2. The minimum absolute atomic E-state index is 0.104. The van der Waals surface area contributed by atoms with E-state index in [9.17, 15) is 8.78 Å². The number of alkyl halides is 2. The van der Waals surface area contributed by atoms with Gasteiger partial charge in [0.15, 0.2) is 0 Å². The van der Waals surface area contributed by atoms with Crippen LogP contribution in [0.25, 0.3) is 0 Å². The summed E-state index contributed by atoms with van der Waals surface area (Å²) in [5, 5.41) is 0. The number of ether oxygens (including phenoxy) is 1. The Bertz CT molecular complexity index is 207. The van der Waals surface area contributed by atoms with E-state index in [0.717, 1.165) is 19.3 Å². The molecule has 0 saturated heterocycles. The van der Waals surface area contributed by atoms with Crippen LogP contribution in [0.15, 0.2) is 0 Å². The Balaban J connectivity index is 1.94.